The lowest BCUT2D eigenvalue weighted by atomic mass is 10.2. The molecule has 0 saturated carbocycles. The number of benzene rings is 1. The second-order valence-corrected chi connectivity index (χ2v) is 3.63. The Balaban J connectivity index is 2.15. The van der Waals surface area contributed by atoms with Crippen molar-refractivity contribution in [2.75, 3.05) is 0 Å². The van der Waals surface area contributed by atoms with Crippen LogP contribution in [0.15, 0.2) is 18.2 Å². The summed E-state index contributed by atoms with van der Waals surface area (Å²) in [6.07, 6.45) is 0. The van der Waals surface area contributed by atoms with Crippen molar-refractivity contribution in [3.8, 4) is 11.4 Å². The molecule has 2 N–H and O–H groups in total. The number of nitrogens with one attached hydrogen (secondary N) is 2. The summed E-state index contributed by atoms with van der Waals surface area (Å²) in [5.74, 6) is 2.01. The van der Waals surface area contributed by atoms with Crippen LogP contribution in [0.3, 0.4) is 0 Å². The first-order valence-corrected chi connectivity index (χ1v) is 5.33. The van der Waals surface area contributed by atoms with Crippen LogP contribution in [-0.2, 0) is 5.75 Å². The molecular formula is C9H8N6S. The van der Waals surface area contributed by atoms with E-state index in [9.17, 15) is 0 Å². The van der Waals surface area contributed by atoms with E-state index in [0.29, 0.717) is 11.6 Å². The van der Waals surface area contributed by atoms with Crippen molar-refractivity contribution >= 4 is 23.7 Å². The molecule has 3 aromatic rings. The third-order valence-electron chi connectivity index (χ3n) is 2.29. The van der Waals surface area contributed by atoms with Crippen LogP contribution in [0.2, 0.25) is 0 Å². The van der Waals surface area contributed by atoms with Crippen molar-refractivity contribution in [2.24, 2.45) is 0 Å². The first kappa shape index (κ1) is 9.34. The lowest BCUT2D eigenvalue weighted by molar-refractivity contribution is 0.881. The lowest BCUT2D eigenvalue weighted by Gasteiger charge is -1.92. The van der Waals surface area contributed by atoms with E-state index in [1.54, 1.807) is 0 Å². The van der Waals surface area contributed by atoms with Crippen LogP contribution < -0.4 is 0 Å². The molecule has 6 nitrogen and oxygen atoms in total. The molecule has 0 aliphatic heterocycles. The summed E-state index contributed by atoms with van der Waals surface area (Å²) in [5.41, 5.74) is 2.75. The Hall–Kier alpha value is -1.89. The van der Waals surface area contributed by atoms with Gasteiger partial charge in [-0.15, -0.1) is 10.2 Å². The lowest BCUT2D eigenvalue weighted by Crippen LogP contribution is -1.81. The Morgan fingerprint density at radius 3 is 3.00 bits per heavy atom. The second kappa shape index (κ2) is 3.60. The van der Waals surface area contributed by atoms with E-state index < -0.39 is 0 Å². The Morgan fingerprint density at radius 1 is 1.31 bits per heavy atom. The minimum Gasteiger partial charge on any atom is -0.341 e. The predicted molar refractivity (Wildman–Crippen MR) is 62.0 cm³/mol. The molecule has 1 aromatic carbocycles. The normalized spacial score (nSPS) is 11.1. The molecule has 0 saturated heterocycles. The van der Waals surface area contributed by atoms with E-state index in [1.165, 1.54) is 0 Å². The van der Waals surface area contributed by atoms with Gasteiger partial charge in [0.1, 0.15) is 5.82 Å². The van der Waals surface area contributed by atoms with Gasteiger partial charge in [-0.1, -0.05) is 0 Å². The maximum atomic E-state index is 4.38. The largest absolute Gasteiger partial charge is 0.341 e. The number of fused-ring (bicyclic) bond motifs is 1. The number of hydrogen-bond donors (Lipinski definition) is 3. The van der Waals surface area contributed by atoms with Crippen molar-refractivity contribution in [3.05, 3.63) is 24.0 Å². The monoisotopic (exact) mass is 232 g/mol. The predicted octanol–water partition coefficient (Wildman–Crippen LogP) is 1.17. The number of aromatic nitrogens is 6. The number of nitrogens with zero attached hydrogens (tertiary/aromatic N) is 4. The van der Waals surface area contributed by atoms with Crippen LogP contribution in [0.25, 0.3) is 22.4 Å². The van der Waals surface area contributed by atoms with Gasteiger partial charge in [0.2, 0.25) is 5.82 Å². The number of hydrogen-bond acceptors (Lipinski definition) is 5. The van der Waals surface area contributed by atoms with Gasteiger partial charge in [0.05, 0.1) is 11.0 Å². The zero-order chi connectivity index (χ0) is 11.0. The molecule has 0 fully saturated rings. The van der Waals surface area contributed by atoms with Gasteiger partial charge in [-0.2, -0.15) is 17.8 Å². The highest BCUT2D eigenvalue weighted by Gasteiger charge is 2.06. The fourth-order valence-electron chi connectivity index (χ4n) is 1.56. The van der Waals surface area contributed by atoms with Crippen LogP contribution in [0.5, 0.6) is 0 Å². The molecule has 7 heteroatoms. The van der Waals surface area contributed by atoms with Gasteiger partial charge in [-0.3, -0.25) is 0 Å². The molecule has 16 heavy (non-hydrogen) atoms. The molecule has 80 valence electrons. The maximum Gasteiger partial charge on any atom is 0.204 e. The number of imidazole rings is 1. The third kappa shape index (κ3) is 1.45. The molecule has 0 amide bonds. The Bertz CT molecular complexity index is 614. The van der Waals surface area contributed by atoms with E-state index in [2.05, 4.69) is 43.2 Å². The maximum absolute atomic E-state index is 4.38. The van der Waals surface area contributed by atoms with Gasteiger partial charge in [0.15, 0.2) is 0 Å². The SMILES string of the molecule is SCc1nc2cc(-c3nn[nH]n3)ccc2[nH]1. The number of rotatable bonds is 2. The van der Waals surface area contributed by atoms with Gasteiger partial charge in [0.25, 0.3) is 0 Å². The summed E-state index contributed by atoms with van der Waals surface area (Å²) in [6.45, 7) is 0. The molecule has 2 heterocycles. The summed E-state index contributed by atoms with van der Waals surface area (Å²) in [4.78, 5) is 7.55. The average molecular weight is 232 g/mol. The van der Waals surface area contributed by atoms with Gasteiger partial charge in [0, 0.05) is 11.3 Å². The first-order valence-electron chi connectivity index (χ1n) is 4.70. The molecular weight excluding hydrogens is 224 g/mol. The van der Waals surface area contributed by atoms with E-state index in [0.717, 1.165) is 22.4 Å². The fraction of sp³-hybridized carbons (Fsp3) is 0.111. The highest BCUT2D eigenvalue weighted by Crippen LogP contribution is 2.19. The van der Waals surface area contributed by atoms with Crippen LogP contribution in [0, 0.1) is 0 Å². The number of aromatic amines is 2. The van der Waals surface area contributed by atoms with Crippen LogP contribution in [-0.4, -0.2) is 30.6 Å². The van der Waals surface area contributed by atoms with Gasteiger partial charge >= 0.3 is 0 Å². The first-order chi connectivity index (χ1) is 7.86. The van der Waals surface area contributed by atoms with Crippen molar-refractivity contribution in [2.45, 2.75) is 5.75 Å². The highest BCUT2D eigenvalue weighted by molar-refractivity contribution is 7.79. The third-order valence-corrected chi connectivity index (χ3v) is 2.58. The minimum absolute atomic E-state index is 0.567. The van der Waals surface area contributed by atoms with E-state index in [1.807, 2.05) is 18.2 Å². The highest BCUT2D eigenvalue weighted by atomic mass is 32.1. The number of H-pyrrole nitrogens is 2. The Kier molecular flexibility index (Phi) is 2.10. The molecule has 0 radical (unpaired) electrons. The van der Waals surface area contributed by atoms with Crippen LogP contribution >= 0.6 is 12.6 Å². The zero-order valence-electron chi connectivity index (χ0n) is 8.18. The van der Waals surface area contributed by atoms with Crippen molar-refractivity contribution in [1.29, 1.82) is 0 Å². The smallest absolute Gasteiger partial charge is 0.204 e. The summed E-state index contributed by atoms with van der Waals surface area (Å²) < 4.78 is 0. The second-order valence-electron chi connectivity index (χ2n) is 3.31. The van der Waals surface area contributed by atoms with Gasteiger partial charge in [-0.05, 0) is 23.4 Å². The molecule has 2 aromatic heterocycles. The topological polar surface area (TPSA) is 83.1 Å². The molecule has 3 rings (SSSR count). The van der Waals surface area contributed by atoms with Gasteiger partial charge in [-0.25, -0.2) is 4.98 Å². The van der Waals surface area contributed by atoms with E-state index >= 15 is 0 Å². The molecule has 0 bridgehead atoms. The summed E-state index contributed by atoms with van der Waals surface area (Å²) in [6, 6.07) is 5.79. The van der Waals surface area contributed by atoms with E-state index in [-0.39, 0.29) is 0 Å². The van der Waals surface area contributed by atoms with Crippen LogP contribution in [0.4, 0.5) is 0 Å². The quantitative estimate of drug-likeness (QED) is 0.579. The standard InChI is InChI=1S/C9H8N6S/c16-4-8-10-6-2-1-5(3-7(6)11-8)9-12-14-15-13-9/h1-3,16H,4H2,(H,10,11)(H,12,13,14,15). The Morgan fingerprint density at radius 2 is 2.25 bits per heavy atom. The zero-order valence-corrected chi connectivity index (χ0v) is 9.07. The average Bonchev–Trinajstić information content (AvgIpc) is 2.96. The van der Waals surface area contributed by atoms with Crippen LogP contribution in [0.1, 0.15) is 5.82 Å². The van der Waals surface area contributed by atoms with Gasteiger partial charge < -0.3 is 4.98 Å². The molecule has 0 atom stereocenters. The molecule has 0 spiro atoms. The minimum atomic E-state index is 0.567. The molecule has 0 aliphatic carbocycles. The van der Waals surface area contributed by atoms with Crippen molar-refractivity contribution in [1.82, 2.24) is 30.6 Å². The summed E-state index contributed by atoms with van der Waals surface area (Å²) in [7, 11) is 0. The fourth-order valence-corrected chi connectivity index (χ4v) is 1.71. The summed E-state index contributed by atoms with van der Waals surface area (Å²) in [5, 5.41) is 13.8. The Labute approximate surface area is 95.9 Å². The molecule has 0 aliphatic rings. The summed E-state index contributed by atoms with van der Waals surface area (Å²) >= 11 is 4.17. The number of thiol groups is 1. The van der Waals surface area contributed by atoms with E-state index in [4.69, 9.17) is 0 Å². The van der Waals surface area contributed by atoms with Crippen molar-refractivity contribution in [3.63, 3.8) is 0 Å². The molecule has 0 unspecified atom stereocenters. The number of tetrazole rings is 1. The van der Waals surface area contributed by atoms with Crippen molar-refractivity contribution < 1.29 is 0 Å².